The number of para-hydroxylation sites is 2. The Kier molecular flexibility index (Phi) is 6.90. The number of H-pyrrole nitrogens is 1. The zero-order valence-electron chi connectivity index (χ0n) is 17.8. The van der Waals surface area contributed by atoms with Crippen LogP contribution in [0.1, 0.15) is 19.7 Å². The number of methoxy groups -OCH3 is 1. The maximum absolute atomic E-state index is 12.5. The van der Waals surface area contributed by atoms with Crippen LogP contribution in [-0.2, 0) is 4.79 Å². The number of aliphatic hydroxyl groups excluding tert-OH is 1. The highest BCUT2D eigenvalue weighted by Gasteiger charge is 2.27. The number of anilines is 1. The maximum Gasteiger partial charge on any atom is 0.279 e. The number of likely N-dealkylation sites (N-methyl/N-ethyl adjacent to an activating group) is 1. The molecule has 1 unspecified atom stereocenters. The number of fused-ring (bicyclic) bond motifs is 1. The number of carbonyl (C=O) groups excluding carboxylic acids is 1. The number of amides is 1. The summed E-state index contributed by atoms with van der Waals surface area (Å²) in [5, 5.41) is 23.4. The summed E-state index contributed by atoms with van der Waals surface area (Å²) in [4.78, 5) is 20.8. The van der Waals surface area contributed by atoms with Crippen molar-refractivity contribution in [3.8, 4) is 11.8 Å². The monoisotopic (exact) mass is 420 g/mol. The van der Waals surface area contributed by atoms with E-state index in [2.05, 4.69) is 21.4 Å². The van der Waals surface area contributed by atoms with Crippen LogP contribution in [0.5, 0.6) is 5.75 Å². The molecule has 3 aromatic rings. The predicted octanol–water partition coefficient (Wildman–Crippen LogP) is 2.30. The molecule has 0 aliphatic heterocycles. The Bertz CT molecular complexity index is 1100. The topological polar surface area (TPSA) is 115 Å². The second-order valence-corrected chi connectivity index (χ2v) is 7.16. The van der Waals surface area contributed by atoms with Gasteiger partial charge in [-0.2, -0.15) is 5.26 Å². The summed E-state index contributed by atoms with van der Waals surface area (Å²) in [6.45, 7) is 4.43. The van der Waals surface area contributed by atoms with Gasteiger partial charge in [0.2, 0.25) is 0 Å². The Hall–Kier alpha value is -3.83. The third kappa shape index (κ3) is 5.02. The van der Waals surface area contributed by atoms with Crippen LogP contribution in [0, 0.1) is 11.3 Å². The quantitative estimate of drug-likeness (QED) is 0.330. The Labute approximate surface area is 180 Å². The van der Waals surface area contributed by atoms with Crippen molar-refractivity contribution in [3.63, 3.8) is 0 Å². The number of ether oxygens (including phenoxy) is 1. The summed E-state index contributed by atoms with van der Waals surface area (Å²) in [5.74, 6) is 0.725. The molecule has 0 bridgehead atoms. The van der Waals surface area contributed by atoms with Gasteiger partial charge >= 0.3 is 0 Å². The van der Waals surface area contributed by atoms with Crippen molar-refractivity contribution in [2.45, 2.75) is 19.9 Å². The minimum Gasteiger partial charge on any atom is -0.505 e. The molecule has 0 fully saturated rings. The number of allylic oxidation sites excluding steroid dienone is 1. The number of nitrogens with zero attached hydrogens (tertiary/aromatic N) is 2. The highest BCUT2D eigenvalue weighted by molar-refractivity contribution is 5.91. The molecule has 1 heterocycles. The van der Waals surface area contributed by atoms with Crippen LogP contribution in [0.3, 0.4) is 0 Å². The standard InChI is InChI=1S/C23H25N5O3/c1-4-28(14-21(29)25-16-9-11-17(31-3)12-10-16)15(2)22(30)18(13-24)23-26-19-7-5-6-8-20(19)27-23/h5-12,15,30H,4,14H2,1-3H3,(H,25,29)(H,26,27)/p+1/b22-18-/t15-/m0/s1. The minimum atomic E-state index is -0.477. The first kappa shape index (κ1) is 21.9. The zero-order valence-corrected chi connectivity index (χ0v) is 17.8. The minimum absolute atomic E-state index is 0.0743. The van der Waals surface area contributed by atoms with Crippen LogP contribution in [0.4, 0.5) is 5.69 Å². The van der Waals surface area contributed by atoms with Crippen LogP contribution >= 0.6 is 0 Å². The maximum atomic E-state index is 12.5. The smallest absolute Gasteiger partial charge is 0.279 e. The fourth-order valence-corrected chi connectivity index (χ4v) is 3.38. The van der Waals surface area contributed by atoms with Crippen molar-refractivity contribution < 1.29 is 19.5 Å². The summed E-state index contributed by atoms with van der Waals surface area (Å²) in [6.07, 6.45) is 0. The Morgan fingerprint density at radius 1 is 1.29 bits per heavy atom. The van der Waals surface area contributed by atoms with Gasteiger partial charge in [0.1, 0.15) is 23.4 Å². The summed E-state index contributed by atoms with van der Waals surface area (Å²) >= 11 is 0. The van der Waals surface area contributed by atoms with Crippen molar-refractivity contribution in [2.75, 3.05) is 25.5 Å². The average molecular weight is 420 g/mol. The molecule has 0 spiro atoms. The third-order valence-corrected chi connectivity index (χ3v) is 5.23. The number of benzene rings is 2. The van der Waals surface area contributed by atoms with Gasteiger partial charge in [0.05, 0.1) is 24.7 Å². The van der Waals surface area contributed by atoms with Crippen molar-refractivity contribution in [3.05, 3.63) is 60.1 Å². The number of aliphatic hydroxyl groups is 1. The van der Waals surface area contributed by atoms with E-state index in [9.17, 15) is 15.2 Å². The second-order valence-electron chi connectivity index (χ2n) is 7.16. The van der Waals surface area contributed by atoms with Gasteiger partial charge in [-0.25, -0.2) is 4.98 Å². The number of nitrogens with one attached hydrogen (secondary N) is 3. The highest BCUT2D eigenvalue weighted by Crippen LogP contribution is 2.19. The summed E-state index contributed by atoms with van der Waals surface area (Å²) in [5.41, 5.74) is 2.23. The van der Waals surface area contributed by atoms with E-state index in [4.69, 9.17) is 4.74 Å². The Balaban J connectivity index is 1.76. The molecule has 1 aromatic heterocycles. The van der Waals surface area contributed by atoms with E-state index in [0.29, 0.717) is 29.3 Å². The van der Waals surface area contributed by atoms with Crippen molar-refractivity contribution in [1.29, 1.82) is 5.26 Å². The number of aromatic nitrogens is 2. The lowest BCUT2D eigenvalue weighted by Crippen LogP contribution is -3.16. The molecule has 8 heteroatoms. The molecule has 2 atom stereocenters. The van der Waals surface area contributed by atoms with E-state index in [-0.39, 0.29) is 23.8 Å². The Morgan fingerprint density at radius 2 is 2.00 bits per heavy atom. The molecule has 0 saturated heterocycles. The van der Waals surface area contributed by atoms with E-state index in [0.717, 1.165) is 10.4 Å². The first-order valence-electron chi connectivity index (χ1n) is 10.0. The number of imidazole rings is 1. The molecule has 0 aliphatic rings. The van der Waals surface area contributed by atoms with E-state index < -0.39 is 6.04 Å². The first-order chi connectivity index (χ1) is 15.0. The third-order valence-electron chi connectivity index (χ3n) is 5.23. The molecular weight excluding hydrogens is 394 g/mol. The molecule has 160 valence electrons. The molecule has 0 saturated carbocycles. The molecule has 0 aliphatic carbocycles. The normalized spacial score (nSPS) is 13.7. The van der Waals surface area contributed by atoms with E-state index in [1.165, 1.54) is 0 Å². The van der Waals surface area contributed by atoms with Gasteiger partial charge in [-0.1, -0.05) is 12.1 Å². The summed E-state index contributed by atoms with van der Waals surface area (Å²) < 4.78 is 5.12. The Morgan fingerprint density at radius 3 is 2.61 bits per heavy atom. The highest BCUT2D eigenvalue weighted by atomic mass is 16.5. The number of nitriles is 1. The molecule has 0 radical (unpaired) electrons. The molecule has 31 heavy (non-hydrogen) atoms. The van der Waals surface area contributed by atoms with Gasteiger partial charge in [-0.15, -0.1) is 0 Å². The van der Waals surface area contributed by atoms with E-state index in [1.807, 2.05) is 31.2 Å². The predicted molar refractivity (Wildman–Crippen MR) is 119 cm³/mol. The molecule has 4 N–H and O–H groups in total. The largest absolute Gasteiger partial charge is 0.505 e. The summed E-state index contributed by atoms with van der Waals surface area (Å²) in [7, 11) is 1.58. The number of carbonyl (C=O) groups is 1. The van der Waals surface area contributed by atoms with Gasteiger partial charge in [0, 0.05) is 5.69 Å². The van der Waals surface area contributed by atoms with Crippen molar-refractivity contribution >= 4 is 28.2 Å². The van der Waals surface area contributed by atoms with Crippen molar-refractivity contribution in [1.82, 2.24) is 9.97 Å². The lowest BCUT2D eigenvalue weighted by Gasteiger charge is -2.24. The van der Waals surface area contributed by atoms with Crippen LogP contribution in [-0.4, -0.2) is 47.2 Å². The van der Waals surface area contributed by atoms with Gasteiger partial charge in [0.25, 0.3) is 5.91 Å². The molecule has 2 aromatic carbocycles. The second kappa shape index (κ2) is 9.78. The number of aromatic amines is 1. The summed E-state index contributed by atoms with van der Waals surface area (Å²) in [6, 6.07) is 16.0. The number of quaternary nitrogens is 1. The van der Waals surface area contributed by atoms with E-state index in [1.54, 1.807) is 38.3 Å². The zero-order chi connectivity index (χ0) is 22.4. The lowest BCUT2D eigenvalue weighted by molar-refractivity contribution is -0.909. The molecule has 8 nitrogen and oxygen atoms in total. The molecule has 3 rings (SSSR count). The lowest BCUT2D eigenvalue weighted by atomic mass is 10.1. The number of rotatable bonds is 8. The molecular formula is C23H26N5O3+. The first-order valence-corrected chi connectivity index (χ1v) is 10.0. The van der Waals surface area contributed by atoms with Gasteiger partial charge in [-0.05, 0) is 50.2 Å². The number of hydrogen-bond acceptors (Lipinski definition) is 5. The van der Waals surface area contributed by atoms with Crippen LogP contribution < -0.4 is 15.0 Å². The fourth-order valence-electron chi connectivity index (χ4n) is 3.38. The fraction of sp³-hybridized carbons (Fsp3) is 0.261. The van der Waals surface area contributed by atoms with Crippen LogP contribution in [0.25, 0.3) is 16.6 Å². The van der Waals surface area contributed by atoms with Gasteiger partial charge < -0.3 is 25.0 Å². The van der Waals surface area contributed by atoms with Crippen LogP contribution in [0.15, 0.2) is 54.3 Å². The SMILES string of the molecule is CC[NH+](CC(=O)Nc1ccc(OC)cc1)[C@@H](C)/C(O)=C(\C#N)c1nc2ccccc2[nH]1. The van der Waals surface area contributed by atoms with Gasteiger partial charge in [0.15, 0.2) is 18.1 Å². The van der Waals surface area contributed by atoms with Crippen molar-refractivity contribution in [2.24, 2.45) is 0 Å². The van der Waals surface area contributed by atoms with Crippen LogP contribution in [0.2, 0.25) is 0 Å². The van der Waals surface area contributed by atoms with E-state index >= 15 is 0 Å². The van der Waals surface area contributed by atoms with Gasteiger partial charge in [-0.3, -0.25) is 4.79 Å². The molecule has 1 amide bonds. The number of hydrogen-bond donors (Lipinski definition) is 4. The average Bonchev–Trinajstić information content (AvgIpc) is 3.21.